The van der Waals surface area contributed by atoms with E-state index < -0.39 is 0 Å². The summed E-state index contributed by atoms with van der Waals surface area (Å²) in [6.45, 7) is 1.33. The van der Waals surface area contributed by atoms with Gasteiger partial charge in [-0.05, 0) is 34.1 Å². The van der Waals surface area contributed by atoms with E-state index in [4.69, 9.17) is 14.7 Å². The third kappa shape index (κ3) is 2.44. The second kappa shape index (κ2) is 5.19. The highest BCUT2D eigenvalue weighted by molar-refractivity contribution is 9.11. The molecule has 6 heteroatoms. The van der Waals surface area contributed by atoms with E-state index in [1.54, 1.807) is 0 Å². The zero-order valence-corrected chi connectivity index (χ0v) is 12.3. The number of thiazole rings is 1. The van der Waals surface area contributed by atoms with E-state index in [-0.39, 0.29) is 0 Å². The first-order chi connectivity index (χ1) is 9.28. The predicted molar refractivity (Wildman–Crippen MR) is 75.6 cm³/mol. The van der Waals surface area contributed by atoms with Crippen molar-refractivity contribution in [3.63, 3.8) is 0 Å². The summed E-state index contributed by atoms with van der Waals surface area (Å²) in [5, 5.41) is 9.72. The quantitative estimate of drug-likeness (QED) is 0.798. The van der Waals surface area contributed by atoms with E-state index in [9.17, 15) is 0 Å². The minimum absolute atomic E-state index is 0.409. The minimum atomic E-state index is 0.409. The normalized spacial score (nSPS) is 13.7. The first-order valence-corrected chi connectivity index (χ1v) is 7.35. The van der Waals surface area contributed by atoms with Gasteiger partial charge in [0.1, 0.15) is 14.9 Å². The number of nitriles is 1. The Morgan fingerprint density at radius 3 is 2.79 bits per heavy atom. The van der Waals surface area contributed by atoms with Crippen LogP contribution in [0.15, 0.2) is 22.0 Å². The predicted octanol–water partition coefficient (Wildman–Crippen LogP) is 3.61. The fraction of sp³-hybridized carbons (Fsp3) is 0.231. The lowest BCUT2D eigenvalue weighted by Gasteiger charge is -2.07. The van der Waals surface area contributed by atoms with Crippen molar-refractivity contribution in [3.05, 3.63) is 27.7 Å². The third-order valence-corrected chi connectivity index (χ3v) is 4.44. The first kappa shape index (κ1) is 12.5. The van der Waals surface area contributed by atoms with Gasteiger partial charge in [0, 0.05) is 12.0 Å². The molecule has 0 unspecified atom stereocenters. The highest BCUT2D eigenvalue weighted by Gasteiger charge is 2.14. The van der Waals surface area contributed by atoms with Crippen molar-refractivity contribution in [1.82, 2.24) is 4.98 Å². The number of nitrogens with zero attached hydrogens (tertiary/aromatic N) is 2. The summed E-state index contributed by atoms with van der Waals surface area (Å²) >= 11 is 4.77. The maximum absolute atomic E-state index is 8.93. The molecule has 2 heterocycles. The Balaban J connectivity index is 2.01. The number of aromatic nitrogens is 1. The summed E-state index contributed by atoms with van der Waals surface area (Å²) in [7, 11) is 0. The average Bonchev–Trinajstić information content (AvgIpc) is 2.66. The van der Waals surface area contributed by atoms with Crippen LogP contribution in [0.2, 0.25) is 0 Å². The second-order valence-electron chi connectivity index (χ2n) is 3.97. The molecular formula is C13H9BrN2O2S. The van der Waals surface area contributed by atoms with Gasteiger partial charge in [-0.1, -0.05) is 0 Å². The molecule has 0 radical (unpaired) electrons. The van der Waals surface area contributed by atoms with Gasteiger partial charge in [-0.25, -0.2) is 4.98 Å². The van der Waals surface area contributed by atoms with Crippen LogP contribution in [0.5, 0.6) is 11.5 Å². The molecule has 3 rings (SSSR count). The van der Waals surface area contributed by atoms with Gasteiger partial charge in [0.25, 0.3) is 0 Å². The molecule has 0 spiro atoms. The molecule has 0 bridgehead atoms. The maximum Gasteiger partial charge on any atom is 0.166 e. The van der Waals surface area contributed by atoms with Crippen LogP contribution in [0, 0.1) is 11.3 Å². The Morgan fingerprint density at radius 2 is 2.05 bits per heavy atom. The Bertz CT molecular complexity index is 663. The molecule has 4 nitrogen and oxygen atoms in total. The molecule has 0 atom stereocenters. The molecule has 1 aliphatic heterocycles. The Labute approximate surface area is 122 Å². The van der Waals surface area contributed by atoms with Crippen LogP contribution in [-0.4, -0.2) is 18.2 Å². The van der Waals surface area contributed by atoms with Crippen molar-refractivity contribution in [1.29, 1.82) is 5.26 Å². The van der Waals surface area contributed by atoms with Crippen LogP contribution in [0.3, 0.4) is 0 Å². The molecule has 0 amide bonds. The molecule has 1 aromatic carbocycles. The third-order valence-electron chi connectivity index (χ3n) is 2.69. The number of hydrogen-bond acceptors (Lipinski definition) is 5. The van der Waals surface area contributed by atoms with Gasteiger partial charge in [0.15, 0.2) is 17.2 Å². The largest absolute Gasteiger partial charge is 0.490 e. The van der Waals surface area contributed by atoms with E-state index in [0.717, 1.165) is 32.3 Å². The maximum atomic E-state index is 8.93. The van der Waals surface area contributed by atoms with Gasteiger partial charge in [0.05, 0.1) is 13.2 Å². The Kier molecular flexibility index (Phi) is 3.40. The van der Waals surface area contributed by atoms with Crippen LogP contribution in [0.25, 0.3) is 10.6 Å². The van der Waals surface area contributed by atoms with Gasteiger partial charge >= 0.3 is 0 Å². The monoisotopic (exact) mass is 336 g/mol. The van der Waals surface area contributed by atoms with Gasteiger partial charge in [-0.15, -0.1) is 11.3 Å². The zero-order valence-electron chi connectivity index (χ0n) is 9.85. The van der Waals surface area contributed by atoms with E-state index in [1.807, 2.05) is 18.2 Å². The minimum Gasteiger partial charge on any atom is -0.490 e. The summed E-state index contributed by atoms with van der Waals surface area (Å²) in [6.07, 6.45) is 0.880. The first-order valence-electron chi connectivity index (χ1n) is 5.74. The number of ether oxygens (including phenoxy) is 2. The summed E-state index contributed by atoms with van der Waals surface area (Å²) in [5.74, 6) is 1.50. The lowest BCUT2D eigenvalue weighted by molar-refractivity contribution is 0.297. The van der Waals surface area contributed by atoms with Crippen molar-refractivity contribution in [2.24, 2.45) is 0 Å². The zero-order chi connectivity index (χ0) is 13.2. The van der Waals surface area contributed by atoms with Gasteiger partial charge in [-0.2, -0.15) is 5.26 Å². The number of hydrogen-bond donors (Lipinski definition) is 0. The summed E-state index contributed by atoms with van der Waals surface area (Å²) in [5.41, 5.74) is 1.34. The van der Waals surface area contributed by atoms with Crippen LogP contribution in [0.4, 0.5) is 0 Å². The van der Waals surface area contributed by atoms with Crippen LogP contribution < -0.4 is 9.47 Å². The van der Waals surface area contributed by atoms with Crippen molar-refractivity contribution >= 4 is 27.3 Å². The van der Waals surface area contributed by atoms with Crippen molar-refractivity contribution in [2.75, 3.05) is 13.2 Å². The number of halogens is 1. The Morgan fingerprint density at radius 1 is 1.26 bits per heavy atom. The van der Waals surface area contributed by atoms with Gasteiger partial charge < -0.3 is 9.47 Å². The highest BCUT2D eigenvalue weighted by Crippen LogP contribution is 2.37. The smallest absolute Gasteiger partial charge is 0.166 e. The van der Waals surface area contributed by atoms with Crippen LogP contribution >= 0.6 is 27.3 Å². The lowest BCUT2D eigenvalue weighted by Crippen LogP contribution is -1.97. The summed E-state index contributed by atoms with van der Waals surface area (Å²) in [4.78, 5) is 4.29. The van der Waals surface area contributed by atoms with Crippen molar-refractivity contribution in [2.45, 2.75) is 6.42 Å². The second-order valence-corrected chi connectivity index (χ2v) is 6.28. The number of rotatable bonds is 1. The summed E-state index contributed by atoms with van der Waals surface area (Å²) in [6, 6.07) is 7.78. The molecule has 0 fully saturated rings. The van der Waals surface area contributed by atoms with Crippen molar-refractivity contribution < 1.29 is 9.47 Å². The molecule has 0 N–H and O–H groups in total. The highest BCUT2D eigenvalue weighted by atomic mass is 79.9. The molecule has 1 aliphatic rings. The van der Waals surface area contributed by atoms with E-state index in [1.165, 1.54) is 11.3 Å². The van der Waals surface area contributed by atoms with Gasteiger partial charge in [0.2, 0.25) is 0 Å². The SMILES string of the molecule is N#Cc1nc(-c2ccc3c(c2)OCCCO3)sc1Br. The molecule has 96 valence electrons. The van der Waals surface area contributed by atoms with Crippen LogP contribution in [0.1, 0.15) is 12.1 Å². The summed E-state index contributed by atoms with van der Waals surface area (Å²) < 4.78 is 12.0. The molecule has 19 heavy (non-hydrogen) atoms. The lowest BCUT2D eigenvalue weighted by atomic mass is 10.2. The molecule has 0 saturated heterocycles. The molecule has 1 aromatic heterocycles. The fourth-order valence-electron chi connectivity index (χ4n) is 1.79. The fourth-order valence-corrected chi connectivity index (χ4v) is 3.17. The molecule has 2 aromatic rings. The molecular weight excluding hydrogens is 328 g/mol. The topological polar surface area (TPSA) is 55.1 Å². The van der Waals surface area contributed by atoms with Crippen LogP contribution in [-0.2, 0) is 0 Å². The Hall–Kier alpha value is -1.58. The van der Waals surface area contributed by atoms with Crippen molar-refractivity contribution in [3.8, 4) is 28.1 Å². The van der Waals surface area contributed by atoms with E-state index in [0.29, 0.717) is 18.9 Å². The molecule has 0 saturated carbocycles. The van der Waals surface area contributed by atoms with Gasteiger partial charge in [-0.3, -0.25) is 0 Å². The van der Waals surface area contributed by atoms with E-state index >= 15 is 0 Å². The average molecular weight is 337 g/mol. The number of fused-ring (bicyclic) bond motifs is 1. The standard InChI is InChI=1S/C13H9BrN2O2S/c14-12-9(7-15)16-13(19-12)8-2-3-10-11(6-8)18-5-1-4-17-10/h2-3,6H,1,4-5H2. The molecule has 0 aliphatic carbocycles. The van der Waals surface area contributed by atoms with E-state index in [2.05, 4.69) is 27.0 Å². The number of benzene rings is 1.